The number of likely N-dealkylation sites (tertiary alicyclic amines) is 1. The number of hydrogen-bond acceptors (Lipinski definition) is 3. The molecule has 0 aromatic carbocycles. The number of hydrogen-bond donors (Lipinski definition) is 1. The molecule has 2 rings (SSSR count). The number of carbonyl (C=O) groups is 2. The molecule has 0 radical (unpaired) electrons. The number of piperidine rings is 1. The lowest BCUT2D eigenvalue weighted by Crippen LogP contribution is -2.41. The molecule has 1 amide bonds. The maximum absolute atomic E-state index is 12.2. The minimum Gasteiger partial charge on any atom is -0.480 e. The van der Waals surface area contributed by atoms with Crippen molar-refractivity contribution in [2.45, 2.75) is 38.8 Å². The fourth-order valence-electron chi connectivity index (χ4n) is 2.26. The molecule has 0 bridgehead atoms. The van der Waals surface area contributed by atoms with Crippen LogP contribution in [-0.4, -0.2) is 44.3 Å². The zero-order chi connectivity index (χ0) is 13.1. The van der Waals surface area contributed by atoms with Gasteiger partial charge in [-0.25, -0.2) is 0 Å². The van der Waals surface area contributed by atoms with E-state index in [1.54, 1.807) is 0 Å². The lowest BCUT2D eigenvalue weighted by atomic mass is 10.0. The fraction of sp³-hybridized carbons (Fsp3) is 0.583. The van der Waals surface area contributed by atoms with Gasteiger partial charge < -0.3 is 10.0 Å². The van der Waals surface area contributed by atoms with Gasteiger partial charge in [0.05, 0.1) is 11.8 Å². The van der Waals surface area contributed by atoms with Crippen molar-refractivity contribution in [1.29, 1.82) is 0 Å². The van der Waals surface area contributed by atoms with Crippen molar-refractivity contribution >= 4 is 11.9 Å². The van der Waals surface area contributed by atoms with Crippen LogP contribution in [-0.2, 0) is 11.3 Å². The highest BCUT2D eigenvalue weighted by atomic mass is 16.4. The number of aromatic nitrogens is 2. The van der Waals surface area contributed by atoms with E-state index in [0.717, 1.165) is 25.8 Å². The summed E-state index contributed by atoms with van der Waals surface area (Å²) in [5.74, 6) is -1.03. The second-order valence-corrected chi connectivity index (χ2v) is 4.66. The number of nitrogens with zero attached hydrogens (tertiary/aromatic N) is 3. The van der Waals surface area contributed by atoms with Crippen LogP contribution in [0.3, 0.4) is 0 Å². The number of carboxylic acid groups (broad SMARTS) is 1. The maximum Gasteiger partial charge on any atom is 0.325 e. The number of carboxylic acids is 1. The predicted molar refractivity (Wildman–Crippen MR) is 64.2 cm³/mol. The van der Waals surface area contributed by atoms with Gasteiger partial charge in [0, 0.05) is 18.8 Å². The molecule has 98 valence electrons. The van der Waals surface area contributed by atoms with Gasteiger partial charge in [-0.3, -0.25) is 14.3 Å². The van der Waals surface area contributed by atoms with E-state index in [1.807, 2.05) is 11.8 Å². The van der Waals surface area contributed by atoms with E-state index >= 15 is 0 Å². The average molecular weight is 251 g/mol. The molecule has 18 heavy (non-hydrogen) atoms. The van der Waals surface area contributed by atoms with Gasteiger partial charge in [-0.2, -0.15) is 5.10 Å². The van der Waals surface area contributed by atoms with Crippen molar-refractivity contribution < 1.29 is 14.7 Å². The quantitative estimate of drug-likeness (QED) is 0.869. The van der Waals surface area contributed by atoms with Crippen LogP contribution in [0.4, 0.5) is 0 Å². The highest BCUT2D eigenvalue weighted by molar-refractivity contribution is 5.94. The number of aliphatic carboxylic acids is 1. The zero-order valence-electron chi connectivity index (χ0n) is 10.4. The zero-order valence-corrected chi connectivity index (χ0v) is 10.4. The maximum atomic E-state index is 12.2. The highest BCUT2D eigenvalue weighted by Gasteiger charge is 2.25. The third-order valence-corrected chi connectivity index (χ3v) is 3.24. The topological polar surface area (TPSA) is 75.4 Å². The molecular formula is C12H17N3O3. The van der Waals surface area contributed by atoms with Crippen molar-refractivity contribution in [3.05, 3.63) is 18.0 Å². The van der Waals surface area contributed by atoms with Crippen LogP contribution in [0.1, 0.15) is 36.5 Å². The molecule has 1 N–H and O–H groups in total. The Balaban J connectivity index is 2.08. The Kier molecular flexibility index (Phi) is 3.64. The summed E-state index contributed by atoms with van der Waals surface area (Å²) in [5.41, 5.74) is 0.463. The van der Waals surface area contributed by atoms with E-state index in [-0.39, 0.29) is 18.5 Å². The van der Waals surface area contributed by atoms with E-state index in [1.165, 1.54) is 17.1 Å². The largest absolute Gasteiger partial charge is 0.480 e. The van der Waals surface area contributed by atoms with Crippen molar-refractivity contribution in [2.75, 3.05) is 6.54 Å². The first kappa shape index (κ1) is 12.6. The second kappa shape index (κ2) is 5.20. The summed E-state index contributed by atoms with van der Waals surface area (Å²) in [6.07, 6.45) is 6.14. The molecule has 1 atom stereocenters. The summed E-state index contributed by atoms with van der Waals surface area (Å²) in [6, 6.07) is 0.245. The van der Waals surface area contributed by atoms with E-state index in [4.69, 9.17) is 5.11 Å². The lowest BCUT2D eigenvalue weighted by Gasteiger charge is -2.33. The van der Waals surface area contributed by atoms with Crippen LogP contribution in [0, 0.1) is 0 Å². The first-order valence-corrected chi connectivity index (χ1v) is 6.13. The Morgan fingerprint density at radius 3 is 2.94 bits per heavy atom. The van der Waals surface area contributed by atoms with Crippen molar-refractivity contribution in [3.63, 3.8) is 0 Å². The van der Waals surface area contributed by atoms with Crippen LogP contribution in [0.25, 0.3) is 0 Å². The molecule has 1 unspecified atom stereocenters. The number of amides is 1. The van der Waals surface area contributed by atoms with E-state index in [9.17, 15) is 9.59 Å². The fourth-order valence-corrected chi connectivity index (χ4v) is 2.26. The molecule has 0 spiro atoms. The van der Waals surface area contributed by atoms with E-state index < -0.39 is 5.97 Å². The van der Waals surface area contributed by atoms with Crippen molar-refractivity contribution in [3.8, 4) is 0 Å². The molecule has 1 saturated heterocycles. The third kappa shape index (κ3) is 2.69. The molecule has 1 fully saturated rings. The normalized spacial score (nSPS) is 19.8. The number of carbonyl (C=O) groups excluding carboxylic acids is 1. The van der Waals surface area contributed by atoms with E-state index in [2.05, 4.69) is 5.10 Å². The summed E-state index contributed by atoms with van der Waals surface area (Å²) in [4.78, 5) is 24.6. The minimum atomic E-state index is -0.969. The Hall–Kier alpha value is -1.85. The smallest absolute Gasteiger partial charge is 0.325 e. The van der Waals surface area contributed by atoms with Gasteiger partial charge in [0.15, 0.2) is 0 Å². The molecule has 6 heteroatoms. The molecule has 1 aliphatic rings. The second-order valence-electron chi connectivity index (χ2n) is 4.66. The van der Waals surface area contributed by atoms with Crippen molar-refractivity contribution in [2.24, 2.45) is 0 Å². The summed E-state index contributed by atoms with van der Waals surface area (Å²) in [5, 5.41) is 12.5. The molecule has 1 aromatic rings. The lowest BCUT2D eigenvalue weighted by molar-refractivity contribution is -0.137. The standard InChI is InChI=1S/C12H17N3O3/c1-9-4-2-3-5-15(9)12(18)10-6-13-14(7-10)8-11(16)17/h6-7,9H,2-5,8H2,1H3,(H,16,17). The molecule has 1 aliphatic heterocycles. The highest BCUT2D eigenvalue weighted by Crippen LogP contribution is 2.18. The van der Waals surface area contributed by atoms with Crippen LogP contribution in [0.5, 0.6) is 0 Å². The Bertz CT molecular complexity index is 455. The van der Waals surface area contributed by atoms with Crippen molar-refractivity contribution in [1.82, 2.24) is 14.7 Å². The molecule has 0 saturated carbocycles. The van der Waals surface area contributed by atoms with Gasteiger partial charge in [0.2, 0.25) is 0 Å². The van der Waals surface area contributed by atoms with Crippen LogP contribution in [0.2, 0.25) is 0 Å². The summed E-state index contributed by atoms with van der Waals surface area (Å²) in [7, 11) is 0. The molecule has 6 nitrogen and oxygen atoms in total. The van der Waals surface area contributed by atoms with Gasteiger partial charge in [-0.05, 0) is 26.2 Å². The van der Waals surface area contributed by atoms with Crippen LogP contribution in [0.15, 0.2) is 12.4 Å². The first-order valence-electron chi connectivity index (χ1n) is 6.13. The average Bonchev–Trinajstić information content (AvgIpc) is 2.76. The first-order chi connectivity index (χ1) is 8.58. The predicted octanol–water partition coefficient (Wildman–Crippen LogP) is 0.982. The van der Waals surface area contributed by atoms with Gasteiger partial charge in [0.1, 0.15) is 6.54 Å². The van der Waals surface area contributed by atoms with Crippen LogP contribution >= 0.6 is 0 Å². The third-order valence-electron chi connectivity index (χ3n) is 3.24. The number of rotatable bonds is 3. The van der Waals surface area contributed by atoms with Gasteiger partial charge in [-0.1, -0.05) is 0 Å². The SMILES string of the molecule is CC1CCCCN1C(=O)c1cnn(CC(=O)O)c1. The van der Waals surface area contributed by atoms with E-state index in [0.29, 0.717) is 5.56 Å². The Labute approximate surface area is 105 Å². The van der Waals surface area contributed by atoms with Gasteiger partial charge >= 0.3 is 5.97 Å². The Morgan fingerprint density at radius 2 is 2.28 bits per heavy atom. The summed E-state index contributed by atoms with van der Waals surface area (Å²) in [6.45, 7) is 2.59. The molecule has 2 heterocycles. The van der Waals surface area contributed by atoms with Gasteiger partial charge in [0.25, 0.3) is 5.91 Å². The molecule has 0 aliphatic carbocycles. The van der Waals surface area contributed by atoms with Gasteiger partial charge in [-0.15, -0.1) is 0 Å². The minimum absolute atomic E-state index is 0.0566. The molecule has 1 aromatic heterocycles. The summed E-state index contributed by atoms with van der Waals surface area (Å²) < 4.78 is 1.27. The summed E-state index contributed by atoms with van der Waals surface area (Å²) >= 11 is 0. The monoisotopic (exact) mass is 251 g/mol. The molecular weight excluding hydrogens is 234 g/mol. The Morgan fingerprint density at radius 1 is 1.50 bits per heavy atom. The van der Waals surface area contributed by atoms with Crippen LogP contribution < -0.4 is 0 Å².